The van der Waals surface area contributed by atoms with E-state index in [2.05, 4.69) is 31.1 Å². The molecule has 4 heteroatoms. The minimum Gasteiger partial charge on any atom is -0.381 e. The van der Waals surface area contributed by atoms with Gasteiger partial charge in [0.25, 0.3) is 0 Å². The average Bonchev–Trinajstić information content (AvgIpc) is 2.47. The first-order chi connectivity index (χ1) is 6.72. The molecule has 0 aliphatic carbocycles. The predicted molar refractivity (Wildman–Crippen MR) is 60.5 cm³/mol. The van der Waals surface area contributed by atoms with Crippen molar-refractivity contribution in [2.45, 2.75) is 38.8 Å². The van der Waals surface area contributed by atoms with Crippen molar-refractivity contribution in [3.8, 4) is 0 Å². The standard InChI is InChI=1S/C11H21N3O/c1-10(2,3)13-8-11(4,15)9-12-6-7-14(9)5/h6-7,13,15H,8H2,1-5H3. The third-order valence-corrected chi connectivity index (χ3v) is 2.27. The van der Waals surface area contributed by atoms with Crippen molar-refractivity contribution >= 4 is 0 Å². The van der Waals surface area contributed by atoms with Gasteiger partial charge in [0.15, 0.2) is 0 Å². The number of aliphatic hydroxyl groups is 1. The number of nitrogens with one attached hydrogen (secondary N) is 1. The smallest absolute Gasteiger partial charge is 0.141 e. The highest BCUT2D eigenvalue weighted by Crippen LogP contribution is 2.17. The van der Waals surface area contributed by atoms with Gasteiger partial charge in [-0.25, -0.2) is 4.98 Å². The van der Waals surface area contributed by atoms with Crippen LogP contribution in [-0.2, 0) is 12.6 Å². The topological polar surface area (TPSA) is 50.1 Å². The summed E-state index contributed by atoms with van der Waals surface area (Å²) in [5, 5.41) is 13.5. The number of nitrogens with zero attached hydrogens (tertiary/aromatic N) is 2. The van der Waals surface area contributed by atoms with E-state index in [1.54, 1.807) is 13.1 Å². The molecule has 0 spiro atoms. The summed E-state index contributed by atoms with van der Waals surface area (Å²) >= 11 is 0. The fraction of sp³-hybridized carbons (Fsp3) is 0.727. The number of β-amino-alcohol motifs (C(OH)–C–C–N with tert-alkyl or cyclic N) is 1. The maximum atomic E-state index is 10.3. The number of imidazole rings is 1. The van der Waals surface area contributed by atoms with Gasteiger partial charge in [-0.1, -0.05) is 0 Å². The van der Waals surface area contributed by atoms with Crippen molar-refractivity contribution in [1.82, 2.24) is 14.9 Å². The zero-order valence-electron chi connectivity index (χ0n) is 10.2. The van der Waals surface area contributed by atoms with Crippen LogP contribution in [0.1, 0.15) is 33.5 Å². The first-order valence-electron chi connectivity index (χ1n) is 5.17. The maximum absolute atomic E-state index is 10.3. The van der Waals surface area contributed by atoms with Crippen LogP contribution in [0.5, 0.6) is 0 Å². The average molecular weight is 211 g/mol. The fourth-order valence-electron chi connectivity index (χ4n) is 1.40. The molecule has 0 saturated carbocycles. The van der Waals surface area contributed by atoms with Crippen molar-refractivity contribution < 1.29 is 5.11 Å². The Morgan fingerprint density at radius 2 is 2.00 bits per heavy atom. The molecule has 1 atom stereocenters. The molecule has 0 aliphatic heterocycles. The van der Waals surface area contributed by atoms with Crippen molar-refractivity contribution in [1.29, 1.82) is 0 Å². The second-order valence-corrected chi connectivity index (χ2v) is 5.24. The van der Waals surface area contributed by atoms with Crippen molar-refractivity contribution in [3.05, 3.63) is 18.2 Å². The molecule has 0 bridgehead atoms. The van der Waals surface area contributed by atoms with Gasteiger partial charge in [0.1, 0.15) is 11.4 Å². The first-order valence-corrected chi connectivity index (χ1v) is 5.17. The van der Waals surface area contributed by atoms with Gasteiger partial charge in [0, 0.05) is 31.5 Å². The highest BCUT2D eigenvalue weighted by Gasteiger charge is 2.28. The van der Waals surface area contributed by atoms with Crippen LogP contribution in [0.4, 0.5) is 0 Å². The molecule has 1 aromatic heterocycles. The lowest BCUT2D eigenvalue weighted by Gasteiger charge is -2.28. The van der Waals surface area contributed by atoms with Gasteiger partial charge in [-0.3, -0.25) is 0 Å². The number of aryl methyl sites for hydroxylation is 1. The number of hydrogen-bond donors (Lipinski definition) is 2. The van der Waals surface area contributed by atoms with E-state index in [1.165, 1.54) is 0 Å². The van der Waals surface area contributed by atoms with E-state index in [1.807, 2.05) is 17.8 Å². The Morgan fingerprint density at radius 1 is 1.40 bits per heavy atom. The molecular weight excluding hydrogens is 190 g/mol. The van der Waals surface area contributed by atoms with Gasteiger partial charge in [0.2, 0.25) is 0 Å². The molecule has 0 fully saturated rings. The molecule has 15 heavy (non-hydrogen) atoms. The van der Waals surface area contributed by atoms with Crippen LogP contribution in [0, 0.1) is 0 Å². The molecular formula is C11H21N3O. The van der Waals surface area contributed by atoms with Crippen LogP contribution in [-0.4, -0.2) is 26.7 Å². The molecule has 1 aromatic rings. The monoisotopic (exact) mass is 211 g/mol. The number of rotatable bonds is 3. The molecule has 2 N–H and O–H groups in total. The van der Waals surface area contributed by atoms with Gasteiger partial charge in [-0.15, -0.1) is 0 Å². The molecule has 1 heterocycles. The Bertz CT molecular complexity index is 323. The number of hydrogen-bond acceptors (Lipinski definition) is 3. The molecule has 86 valence electrons. The van der Waals surface area contributed by atoms with Crippen molar-refractivity contribution in [2.75, 3.05) is 6.54 Å². The van der Waals surface area contributed by atoms with E-state index in [-0.39, 0.29) is 5.54 Å². The van der Waals surface area contributed by atoms with Crippen LogP contribution in [0.2, 0.25) is 0 Å². The van der Waals surface area contributed by atoms with E-state index in [9.17, 15) is 5.11 Å². The lowest BCUT2D eigenvalue weighted by atomic mass is 10.0. The lowest BCUT2D eigenvalue weighted by Crippen LogP contribution is -2.45. The molecule has 0 saturated heterocycles. The summed E-state index contributed by atoms with van der Waals surface area (Å²) in [7, 11) is 1.88. The Labute approximate surface area is 91.3 Å². The van der Waals surface area contributed by atoms with Crippen LogP contribution < -0.4 is 5.32 Å². The molecule has 0 radical (unpaired) electrons. The van der Waals surface area contributed by atoms with Gasteiger partial charge in [-0.2, -0.15) is 0 Å². The van der Waals surface area contributed by atoms with Crippen molar-refractivity contribution in [2.24, 2.45) is 7.05 Å². The second kappa shape index (κ2) is 3.94. The van der Waals surface area contributed by atoms with E-state index < -0.39 is 5.60 Å². The fourth-order valence-corrected chi connectivity index (χ4v) is 1.40. The van der Waals surface area contributed by atoms with Crippen LogP contribution >= 0.6 is 0 Å². The van der Waals surface area contributed by atoms with Crippen LogP contribution in [0.3, 0.4) is 0 Å². The summed E-state index contributed by atoms with van der Waals surface area (Å²) in [6, 6.07) is 0. The third-order valence-electron chi connectivity index (χ3n) is 2.27. The summed E-state index contributed by atoms with van der Waals surface area (Å²) in [6.45, 7) is 8.47. The Morgan fingerprint density at radius 3 is 2.40 bits per heavy atom. The van der Waals surface area contributed by atoms with Gasteiger partial charge in [-0.05, 0) is 27.7 Å². The van der Waals surface area contributed by atoms with E-state index in [0.29, 0.717) is 12.4 Å². The Kier molecular flexibility index (Phi) is 3.21. The van der Waals surface area contributed by atoms with E-state index in [4.69, 9.17) is 0 Å². The largest absolute Gasteiger partial charge is 0.381 e. The quantitative estimate of drug-likeness (QED) is 0.784. The Hall–Kier alpha value is -0.870. The second-order valence-electron chi connectivity index (χ2n) is 5.24. The van der Waals surface area contributed by atoms with Gasteiger partial charge in [0.05, 0.1) is 0 Å². The minimum absolute atomic E-state index is 0.00481. The molecule has 0 aliphatic rings. The van der Waals surface area contributed by atoms with Crippen LogP contribution in [0.15, 0.2) is 12.4 Å². The predicted octanol–water partition coefficient (Wildman–Crippen LogP) is 1.02. The lowest BCUT2D eigenvalue weighted by molar-refractivity contribution is 0.0386. The SMILES string of the molecule is Cn1ccnc1C(C)(O)CNC(C)(C)C. The van der Waals surface area contributed by atoms with Gasteiger partial charge >= 0.3 is 0 Å². The van der Waals surface area contributed by atoms with E-state index >= 15 is 0 Å². The summed E-state index contributed by atoms with van der Waals surface area (Å²) < 4.78 is 1.84. The molecule has 0 aromatic carbocycles. The summed E-state index contributed by atoms with van der Waals surface area (Å²) in [4.78, 5) is 4.16. The zero-order chi connectivity index (χ0) is 11.7. The maximum Gasteiger partial charge on any atom is 0.141 e. The zero-order valence-corrected chi connectivity index (χ0v) is 10.2. The molecule has 1 unspecified atom stereocenters. The van der Waals surface area contributed by atoms with E-state index in [0.717, 1.165) is 0 Å². The highest BCUT2D eigenvalue weighted by atomic mass is 16.3. The number of aromatic nitrogens is 2. The minimum atomic E-state index is -0.939. The first kappa shape index (κ1) is 12.2. The normalized spacial score (nSPS) is 16.4. The summed E-state index contributed by atoms with van der Waals surface area (Å²) in [5.41, 5.74) is -0.944. The molecule has 0 amide bonds. The third kappa shape index (κ3) is 3.32. The van der Waals surface area contributed by atoms with Crippen molar-refractivity contribution in [3.63, 3.8) is 0 Å². The summed E-state index contributed by atoms with van der Waals surface area (Å²) in [6.07, 6.45) is 3.53. The van der Waals surface area contributed by atoms with Crippen LogP contribution in [0.25, 0.3) is 0 Å². The van der Waals surface area contributed by atoms with Gasteiger partial charge < -0.3 is 15.0 Å². The molecule has 4 nitrogen and oxygen atoms in total. The summed E-state index contributed by atoms with van der Waals surface area (Å²) in [5.74, 6) is 0.680. The Balaban J connectivity index is 2.72. The molecule has 1 rings (SSSR count). The highest BCUT2D eigenvalue weighted by molar-refractivity contribution is 5.04.